The SMILES string of the molecule is CCCCCCCC/C=C\CCCCCCCC(=O)[O-].NC(=O)c1[nH]cc[n+]1[C@@H]1O[C@H](CO)[C@@H](O)[C@H]1O. The molecule has 0 saturated carbocycles. The standard InChI is InChI=1S/C18H34O2.C9H13N3O5/c1-2-3-4-5-6-7-8-9-10-11-12-13-14-15-16-17-18(19)20;10-7(16)8-11-1-2-12(8)9-6(15)5(14)4(3-13)17-9/h9-10H,2-8,11-17H2,1H3,(H,19,20);1-2,4-6,9,13-15H,3H2,(H2,10,16)/b10-9-;/t;4-,5-,6-,9-/m.1/s1. The minimum atomic E-state index is -1.24. The van der Waals surface area contributed by atoms with Crippen LogP contribution in [0.1, 0.15) is 114 Å². The molecule has 0 radical (unpaired) electrons. The van der Waals surface area contributed by atoms with Gasteiger partial charge in [0.2, 0.25) is 6.23 Å². The van der Waals surface area contributed by atoms with E-state index >= 15 is 0 Å². The van der Waals surface area contributed by atoms with E-state index in [-0.39, 0.29) is 12.2 Å². The lowest BCUT2D eigenvalue weighted by Gasteiger charge is -2.11. The van der Waals surface area contributed by atoms with Gasteiger partial charge in [-0.3, -0.25) is 4.79 Å². The molecule has 1 aromatic heterocycles. The summed E-state index contributed by atoms with van der Waals surface area (Å²) >= 11 is 0. The van der Waals surface area contributed by atoms with Gasteiger partial charge < -0.3 is 35.7 Å². The molecule has 10 heteroatoms. The number of carboxylic acids is 1. The van der Waals surface area contributed by atoms with E-state index in [4.69, 9.17) is 15.6 Å². The first-order valence-electron chi connectivity index (χ1n) is 13.7. The van der Waals surface area contributed by atoms with Crippen molar-refractivity contribution in [1.82, 2.24) is 4.98 Å². The fourth-order valence-corrected chi connectivity index (χ4v) is 4.21. The number of carbonyl (C=O) groups is 2. The van der Waals surface area contributed by atoms with Crippen molar-refractivity contribution in [3.8, 4) is 0 Å². The average molecular weight is 526 g/mol. The molecule has 212 valence electrons. The third kappa shape index (κ3) is 13.2. The second kappa shape index (κ2) is 19.8. The van der Waals surface area contributed by atoms with Gasteiger partial charge >= 0.3 is 11.7 Å². The lowest BCUT2D eigenvalue weighted by atomic mass is 10.1. The molecule has 1 aromatic rings. The van der Waals surface area contributed by atoms with Gasteiger partial charge in [-0.05, 0) is 38.5 Å². The number of allylic oxidation sites excluding steroid dienone is 2. The van der Waals surface area contributed by atoms with Crippen LogP contribution in [-0.2, 0) is 9.53 Å². The molecular formula is C27H47N3O7. The number of aromatic nitrogens is 2. The van der Waals surface area contributed by atoms with Crippen molar-refractivity contribution >= 4 is 11.9 Å². The van der Waals surface area contributed by atoms with Crippen LogP contribution in [0.25, 0.3) is 0 Å². The van der Waals surface area contributed by atoms with E-state index in [0.717, 1.165) is 19.3 Å². The number of aliphatic hydroxyl groups is 3. The van der Waals surface area contributed by atoms with E-state index in [1.54, 1.807) is 0 Å². The Morgan fingerprint density at radius 3 is 2.08 bits per heavy atom. The third-order valence-corrected chi connectivity index (χ3v) is 6.38. The maximum Gasteiger partial charge on any atom is 0.347 e. The summed E-state index contributed by atoms with van der Waals surface area (Å²) in [6, 6.07) is 0. The van der Waals surface area contributed by atoms with E-state index in [9.17, 15) is 24.9 Å². The van der Waals surface area contributed by atoms with Crippen LogP contribution >= 0.6 is 0 Å². The van der Waals surface area contributed by atoms with E-state index in [1.807, 2.05) is 0 Å². The van der Waals surface area contributed by atoms with Crippen molar-refractivity contribution in [2.24, 2.45) is 5.73 Å². The van der Waals surface area contributed by atoms with Crippen molar-refractivity contribution in [2.45, 2.75) is 121 Å². The number of hydrogen-bond donors (Lipinski definition) is 5. The van der Waals surface area contributed by atoms with Gasteiger partial charge in [-0.1, -0.05) is 70.4 Å². The molecule has 0 bridgehead atoms. The highest BCUT2D eigenvalue weighted by molar-refractivity contribution is 5.87. The number of aromatic amines is 1. The molecule has 0 unspecified atom stereocenters. The predicted octanol–water partition coefficient (Wildman–Crippen LogP) is 1.79. The zero-order valence-corrected chi connectivity index (χ0v) is 22.2. The fraction of sp³-hybridized carbons (Fsp3) is 0.741. The van der Waals surface area contributed by atoms with Gasteiger partial charge in [-0.25, -0.2) is 4.98 Å². The summed E-state index contributed by atoms with van der Waals surface area (Å²) < 4.78 is 6.54. The fourth-order valence-electron chi connectivity index (χ4n) is 4.21. The maximum absolute atomic E-state index is 11.1. The molecule has 37 heavy (non-hydrogen) atoms. The number of ether oxygens (including phenoxy) is 1. The Hall–Kier alpha value is -2.27. The first-order valence-corrected chi connectivity index (χ1v) is 13.7. The smallest absolute Gasteiger partial charge is 0.347 e. The van der Waals surface area contributed by atoms with E-state index in [2.05, 4.69) is 24.1 Å². The topological polar surface area (TPSA) is 173 Å². The molecule has 1 saturated heterocycles. The highest BCUT2D eigenvalue weighted by Gasteiger charge is 2.47. The highest BCUT2D eigenvalue weighted by Crippen LogP contribution is 2.25. The Bertz CT molecular complexity index is 784. The molecule has 0 aliphatic carbocycles. The first kappa shape index (κ1) is 32.8. The molecule has 1 aliphatic rings. The van der Waals surface area contributed by atoms with Crippen LogP contribution < -0.4 is 15.4 Å². The number of aliphatic carboxylic acids is 1. The average Bonchev–Trinajstić information content (AvgIpc) is 3.46. The van der Waals surface area contributed by atoms with E-state index < -0.39 is 43.0 Å². The molecule has 2 rings (SSSR count). The molecule has 10 nitrogen and oxygen atoms in total. The van der Waals surface area contributed by atoms with Crippen LogP contribution in [0.15, 0.2) is 24.5 Å². The normalized spacial score (nSPS) is 21.2. The summed E-state index contributed by atoms with van der Waals surface area (Å²) in [6.45, 7) is 1.83. The molecule has 1 fully saturated rings. The third-order valence-electron chi connectivity index (χ3n) is 6.38. The second-order valence-electron chi connectivity index (χ2n) is 9.52. The number of carbonyl (C=O) groups excluding carboxylic acids is 2. The number of unbranched alkanes of at least 4 members (excludes halogenated alkanes) is 11. The maximum atomic E-state index is 11.1. The van der Waals surface area contributed by atoms with E-state index in [0.29, 0.717) is 0 Å². The molecule has 1 aliphatic heterocycles. The molecule has 0 aromatic carbocycles. The highest BCUT2D eigenvalue weighted by atomic mass is 16.6. The van der Waals surface area contributed by atoms with Crippen LogP contribution in [-0.4, -0.2) is 57.1 Å². The van der Waals surface area contributed by atoms with Crippen LogP contribution in [0.3, 0.4) is 0 Å². The monoisotopic (exact) mass is 525 g/mol. The number of imidazole rings is 1. The van der Waals surface area contributed by atoms with Gasteiger partial charge in [0.25, 0.3) is 0 Å². The number of aliphatic hydroxyl groups excluding tert-OH is 3. The summed E-state index contributed by atoms with van der Waals surface area (Å²) in [6.07, 6.45) is 19.5. The molecule has 6 N–H and O–H groups in total. The molecular weight excluding hydrogens is 478 g/mol. The first-order chi connectivity index (χ1) is 17.8. The van der Waals surface area contributed by atoms with Gasteiger partial charge in [0.15, 0.2) is 0 Å². The number of nitrogens with one attached hydrogen (secondary N) is 1. The number of nitrogens with zero attached hydrogens (tertiary/aromatic N) is 1. The van der Waals surface area contributed by atoms with Gasteiger partial charge in [-0.2, -0.15) is 4.57 Å². The number of nitrogens with two attached hydrogens (primary N) is 1. The summed E-state index contributed by atoms with van der Waals surface area (Å²) in [7, 11) is 0. The molecule has 1 amide bonds. The van der Waals surface area contributed by atoms with Crippen LogP contribution in [0.5, 0.6) is 0 Å². The van der Waals surface area contributed by atoms with Gasteiger partial charge in [0, 0.05) is 5.97 Å². The van der Waals surface area contributed by atoms with Gasteiger partial charge in [-0.15, -0.1) is 0 Å². The van der Waals surface area contributed by atoms with Crippen LogP contribution in [0, 0.1) is 0 Å². The van der Waals surface area contributed by atoms with Crippen LogP contribution in [0.4, 0.5) is 0 Å². The lowest BCUT2D eigenvalue weighted by molar-refractivity contribution is -0.766. The number of H-pyrrole nitrogens is 1. The molecule has 2 heterocycles. The number of rotatable bonds is 18. The van der Waals surface area contributed by atoms with Crippen molar-refractivity contribution in [3.63, 3.8) is 0 Å². The number of primary amides is 1. The van der Waals surface area contributed by atoms with E-state index in [1.165, 1.54) is 81.2 Å². The Morgan fingerprint density at radius 1 is 1.00 bits per heavy atom. The van der Waals surface area contributed by atoms with Crippen molar-refractivity contribution < 1.29 is 39.3 Å². The van der Waals surface area contributed by atoms with Gasteiger partial charge in [0.1, 0.15) is 30.7 Å². The molecule has 0 spiro atoms. The number of hydrogen-bond acceptors (Lipinski definition) is 7. The number of carboxylic acid groups (broad SMARTS) is 1. The zero-order chi connectivity index (χ0) is 27.5. The largest absolute Gasteiger partial charge is 0.550 e. The summed E-state index contributed by atoms with van der Waals surface area (Å²) in [5, 5.41) is 38.5. The minimum absolute atomic E-state index is 0.0415. The number of amides is 1. The quantitative estimate of drug-likeness (QED) is 0.110. The van der Waals surface area contributed by atoms with Crippen molar-refractivity contribution in [1.29, 1.82) is 0 Å². The van der Waals surface area contributed by atoms with Gasteiger partial charge in [0.05, 0.1) is 6.61 Å². The summed E-state index contributed by atoms with van der Waals surface area (Å²) in [5.74, 6) is -1.59. The Labute approximate surface area is 220 Å². The second-order valence-corrected chi connectivity index (χ2v) is 9.52. The summed E-state index contributed by atoms with van der Waals surface area (Å²) in [5.41, 5.74) is 5.13. The Balaban J connectivity index is 0.000000373. The zero-order valence-electron chi connectivity index (χ0n) is 22.2. The lowest BCUT2D eigenvalue weighted by Crippen LogP contribution is -2.49. The molecule has 4 atom stereocenters. The minimum Gasteiger partial charge on any atom is -0.550 e. The summed E-state index contributed by atoms with van der Waals surface area (Å²) in [4.78, 5) is 23.9. The van der Waals surface area contributed by atoms with Crippen molar-refractivity contribution in [2.75, 3.05) is 6.61 Å². The Kier molecular flexibility index (Phi) is 17.5. The predicted molar refractivity (Wildman–Crippen MR) is 137 cm³/mol. The van der Waals surface area contributed by atoms with Crippen LogP contribution in [0.2, 0.25) is 0 Å². The van der Waals surface area contributed by atoms with Crippen molar-refractivity contribution in [3.05, 3.63) is 30.4 Å². The Morgan fingerprint density at radius 2 is 1.57 bits per heavy atom.